The number of aldehydes is 1. The molecule has 0 amide bonds. The minimum absolute atomic E-state index is 0.593. The second kappa shape index (κ2) is 3.45. The van der Waals surface area contributed by atoms with E-state index in [9.17, 15) is 4.79 Å². The van der Waals surface area contributed by atoms with Crippen molar-refractivity contribution in [1.82, 2.24) is 0 Å². The summed E-state index contributed by atoms with van der Waals surface area (Å²) in [6.07, 6.45) is 0.791. The monoisotopic (exact) mass is 219 g/mol. The zero-order chi connectivity index (χ0) is 10.1. The van der Waals surface area contributed by atoms with Crippen molar-refractivity contribution in [2.24, 2.45) is 0 Å². The van der Waals surface area contributed by atoms with E-state index in [0.717, 1.165) is 21.3 Å². The number of thiophene rings is 1. The van der Waals surface area contributed by atoms with Crippen molar-refractivity contribution < 1.29 is 4.79 Å². The molecule has 1 aromatic carbocycles. The second-order valence-electron chi connectivity index (χ2n) is 2.76. The van der Waals surface area contributed by atoms with E-state index < -0.39 is 0 Å². The zero-order valence-corrected chi connectivity index (χ0v) is 8.73. The lowest BCUT2D eigenvalue weighted by Crippen LogP contribution is -1.80. The summed E-state index contributed by atoms with van der Waals surface area (Å²) in [5, 5.41) is 11.4. The highest BCUT2D eigenvalue weighted by Crippen LogP contribution is 2.32. The number of rotatable bonds is 1. The van der Waals surface area contributed by atoms with E-state index in [1.165, 1.54) is 11.3 Å². The normalized spacial score (nSPS) is 10.0. The first-order valence-corrected chi connectivity index (χ1v) is 5.19. The summed E-state index contributed by atoms with van der Waals surface area (Å²) in [4.78, 5) is 11.5. The Hall–Kier alpha value is -1.31. The van der Waals surface area contributed by atoms with E-state index in [4.69, 9.17) is 5.26 Å². The van der Waals surface area contributed by atoms with Crippen molar-refractivity contribution in [2.75, 3.05) is 0 Å². The van der Waals surface area contributed by atoms with Crippen LogP contribution < -0.4 is 0 Å². The quantitative estimate of drug-likeness (QED) is 0.592. The minimum atomic E-state index is 0.593. The van der Waals surface area contributed by atoms with Crippen LogP contribution in [0.15, 0.2) is 22.4 Å². The lowest BCUT2D eigenvalue weighted by molar-refractivity contribution is 0.112. The van der Waals surface area contributed by atoms with Crippen LogP contribution in [0.4, 0.5) is 0 Å². The van der Waals surface area contributed by atoms with E-state index in [2.05, 4.69) is 18.7 Å². The highest BCUT2D eigenvalue weighted by Gasteiger charge is 2.09. The molecule has 0 radical (unpaired) electrons. The molecule has 68 valence electrons. The Morgan fingerprint density at radius 2 is 2.29 bits per heavy atom. The largest absolute Gasteiger partial charge is 0.298 e. The third-order valence-corrected chi connectivity index (χ3v) is 3.38. The van der Waals surface area contributed by atoms with Gasteiger partial charge in [-0.25, -0.2) is 0 Å². The van der Waals surface area contributed by atoms with Crippen LogP contribution in [0.25, 0.3) is 10.1 Å². The third-order valence-electron chi connectivity index (χ3n) is 1.98. The van der Waals surface area contributed by atoms with Crippen molar-refractivity contribution in [3.8, 4) is 6.07 Å². The molecule has 0 fully saturated rings. The molecule has 0 aliphatic rings. The van der Waals surface area contributed by atoms with Crippen LogP contribution >= 0.6 is 24.0 Å². The highest BCUT2D eigenvalue weighted by atomic mass is 32.1. The summed E-state index contributed by atoms with van der Waals surface area (Å²) >= 11 is 5.67. The molecule has 0 unspecified atom stereocenters. The van der Waals surface area contributed by atoms with Gasteiger partial charge in [0.25, 0.3) is 0 Å². The van der Waals surface area contributed by atoms with Gasteiger partial charge in [-0.3, -0.25) is 4.79 Å². The van der Waals surface area contributed by atoms with Gasteiger partial charge < -0.3 is 0 Å². The average Bonchev–Trinajstić information content (AvgIpc) is 2.63. The molecule has 0 saturated carbocycles. The molecule has 2 aromatic rings. The Bertz CT molecular complexity index is 551. The van der Waals surface area contributed by atoms with E-state index in [1.807, 2.05) is 0 Å². The van der Waals surface area contributed by atoms with Crippen LogP contribution in [0, 0.1) is 11.3 Å². The molecule has 14 heavy (non-hydrogen) atoms. The molecule has 2 rings (SSSR count). The summed E-state index contributed by atoms with van der Waals surface area (Å²) in [6, 6.07) is 5.55. The Morgan fingerprint density at radius 3 is 2.93 bits per heavy atom. The van der Waals surface area contributed by atoms with Gasteiger partial charge in [0.05, 0.1) is 10.3 Å². The lowest BCUT2D eigenvalue weighted by atomic mass is 10.1. The fourth-order valence-electron chi connectivity index (χ4n) is 1.33. The molecule has 0 saturated heterocycles. The van der Waals surface area contributed by atoms with Gasteiger partial charge in [-0.1, -0.05) is 0 Å². The Kier molecular flexibility index (Phi) is 2.28. The molecule has 0 bridgehead atoms. The Labute approximate surface area is 90.2 Å². The van der Waals surface area contributed by atoms with Crippen LogP contribution in [-0.2, 0) is 0 Å². The van der Waals surface area contributed by atoms with Gasteiger partial charge in [-0.05, 0) is 12.1 Å². The number of carbonyl (C=O) groups excluding carboxylic acids is 1. The fourth-order valence-corrected chi connectivity index (χ4v) is 2.73. The van der Waals surface area contributed by atoms with Gasteiger partial charge in [0.1, 0.15) is 6.07 Å². The molecule has 0 spiro atoms. The van der Waals surface area contributed by atoms with Gasteiger partial charge in [0, 0.05) is 21.2 Å². The van der Waals surface area contributed by atoms with E-state index >= 15 is 0 Å². The smallest absolute Gasteiger partial charge is 0.151 e. The zero-order valence-electron chi connectivity index (χ0n) is 7.02. The first kappa shape index (κ1) is 9.25. The average molecular weight is 219 g/mol. The second-order valence-corrected chi connectivity index (χ2v) is 4.12. The van der Waals surface area contributed by atoms with Gasteiger partial charge in [-0.2, -0.15) is 5.26 Å². The topological polar surface area (TPSA) is 40.9 Å². The van der Waals surface area contributed by atoms with Crippen LogP contribution in [0.3, 0.4) is 0 Å². The molecule has 2 nitrogen and oxygen atoms in total. The number of hydrogen-bond donors (Lipinski definition) is 1. The number of thiol groups is 1. The first-order valence-electron chi connectivity index (χ1n) is 3.86. The van der Waals surface area contributed by atoms with Crippen molar-refractivity contribution in [2.45, 2.75) is 4.90 Å². The molecule has 0 N–H and O–H groups in total. The number of nitrogens with zero attached hydrogens (tertiary/aromatic N) is 1. The number of carbonyl (C=O) groups is 1. The number of nitriles is 1. The van der Waals surface area contributed by atoms with Crippen LogP contribution in [0.2, 0.25) is 0 Å². The van der Waals surface area contributed by atoms with Gasteiger partial charge in [-0.15, -0.1) is 24.0 Å². The van der Waals surface area contributed by atoms with Gasteiger partial charge >= 0.3 is 0 Å². The molecule has 1 aromatic heterocycles. The Balaban J connectivity index is 2.95. The summed E-state index contributed by atoms with van der Waals surface area (Å²) in [5.74, 6) is 0. The number of hydrogen-bond acceptors (Lipinski definition) is 4. The van der Waals surface area contributed by atoms with E-state index in [-0.39, 0.29) is 0 Å². The molecule has 0 aliphatic carbocycles. The van der Waals surface area contributed by atoms with Crippen molar-refractivity contribution in [1.29, 1.82) is 5.26 Å². The predicted molar refractivity (Wildman–Crippen MR) is 59.2 cm³/mol. The lowest BCUT2D eigenvalue weighted by Gasteiger charge is -1.97. The number of fused-ring (bicyclic) bond motifs is 1. The predicted octanol–water partition coefficient (Wildman–Crippen LogP) is 2.87. The summed E-state index contributed by atoms with van der Waals surface area (Å²) in [7, 11) is 0. The summed E-state index contributed by atoms with van der Waals surface area (Å²) in [5.41, 5.74) is 1.20. The number of benzene rings is 1. The molecular formula is C10H5NOS2. The van der Waals surface area contributed by atoms with Crippen molar-refractivity contribution in [3.63, 3.8) is 0 Å². The molecule has 0 aliphatic heterocycles. The SMILES string of the molecule is N#Cc1ccc(S)c2c(C=O)csc12. The van der Waals surface area contributed by atoms with E-state index in [1.54, 1.807) is 17.5 Å². The molecule has 4 heteroatoms. The van der Waals surface area contributed by atoms with Gasteiger partial charge in [0.15, 0.2) is 6.29 Å². The molecular weight excluding hydrogens is 214 g/mol. The third kappa shape index (κ3) is 1.22. The van der Waals surface area contributed by atoms with Crippen LogP contribution in [0.1, 0.15) is 15.9 Å². The summed E-state index contributed by atoms with van der Waals surface area (Å²) in [6.45, 7) is 0. The first-order chi connectivity index (χ1) is 6.77. The standard InChI is InChI=1S/C10H5NOS2/c11-3-6-1-2-8(13)9-7(4-12)5-14-10(6)9/h1-2,4-5,13H. The van der Waals surface area contributed by atoms with E-state index in [0.29, 0.717) is 11.1 Å². The molecule has 1 heterocycles. The summed E-state index contributed by atoms with van der Waals surface area (Å²) < 4.78 is 0.835. The maximum absolute atomic E-state index is 10.7. The van der Waals surface area contributed by atoms with Crippen LogP contribution in [-0.4, -0.2) is 6.29 Å². The molecule has 0 atom stereocenters. The highest BCUT2D eigenvalue weighted by molar-refractivity contribution is 7.80. The maximum atomic E-state index is 10.7. The minimum Gasteiger partial charge on any atom is -0.298 e. The van der Waals surface area contributed by atoms with Crippen LogP contribution in [0.5, 0.6) is 0 Å². The van der Waals surface area contributed by atoms with Crippen molar-refractivity contribution >= 4 is 40.3 Å². The van der Waals surface area contributed by atoms with Crippen molar-refractivity contribution in [3.05, 3.63) is 28.6 Å². The fraction of sp³-hybridized carbons (Fsp3) is 0. The van der Waals surface area contributed by atoms with Gasteiger partial charge in [0.2, 0.25) is 0 Å². The Morgan fingerprint density at radius 1 is 1.50 bits per heavy atom. The maximum Gasteiger partial charge on any atom is 0.151 e.